The molecule has 98 valence electrons. The van der Waals surface area contributed by atoms with Gasteiger partial charge in [-0.25, -0.2) is 0 Å². The fourth-order valence-corrected chi connectivity index (χ4v) is 2.25. The van der Waals surface area contributed by atoms with Gasteiger partial charge in [0.05, 0.1) is 12.2 Å². The fraction of sp³-hybridized carbons (Fsp3) is 0.929. The molecule has 17 heavy (non-hydrogen) atoms. The van der Waals surface area contributed by atoms with Crippen LogP contribution < -0.4 is 5.32 Å². The van der Waals surface area contributed by atoms with E-state index in [1.54, 1.807) is 0 Å². The largest absolute Gasteiger partial charge is 0.378 e. The third-order valence-corrected chi connectivity index (χ3v) is 3.52. The van der Waals surface area contributed by atoms with Crippen molar-refractivity contribution in [1.29, 1.82) is 5.26 Å². The normalized spacial score (nSPS) is 20.8. The molecule has 1 saturated carbocycles. The first-order chi connectivity index (χ1) is 8.20. The minimum atomic E-state index is -0.426. The Hall–Kier alpha value is -0.590. The standard InChI is InChI=1S/C14H26N2O/c1-3-10-16-14(2,12-15)9-11-17-13-7-5-4-6-8-13/h13,16H,3-11H2,1-2H3. The maximum atomic E-state index is 9.18. The molecular weight excluding hydrogens is 212 g/mol. The summed E-state index contributed by atoms with van der Waals surface area (Å²) in [5.74, 6) is 0. The number of nitrogens with zero attached hydrogens (tertiary/aromatic N) is 1. The molecule has 0 aromatic carbocycles. The number of rotatable bonds is 7. The average Bonchev–Trinajstić information content (AvgIpc) is 2.38. The molecule has 1 atom stereocenters. The number of hydrogen-bond acceptors (Lipinski definition) is 3. The lowest BCUT2D eigenvalue weighted by atomic mass is 9.97. The lowest BCUT2D eigenvalue weighted by Crippen LogP contribution is -2.42. The van der Waals surface area contributed by atoms with E-state index >= 15 is 0 Å². The van der Waals surface area contributed by atoms with Crippen LogP contribution in [0.15, 0.2) is 0 Å². The van der Waals surface area contributed by atoms with Crippen LogP contribution in [0.25, 0.3) is 0 Å². The van der Waals surface area contributed by atoms with Gasteiger partial charge in [-0.15, -0.1) is 0 Å². The molecule has 3 nitrogen and oxygen atoms in total. The van der Waals surface area contributed by atoms with Gasteiger partial charge in [0.1, 0.15) is 5.54 Å². The van der Waals surface area contributed by atoms with Gasteiger partial charge in [-0.05, 0) is 32.7 Å². The Morgan fingerprint density at radius 3 is 2.65 bits per heavy atom. The lowest BCUT2D eigenvalue weighted by Gasteiger charge is -2.26. The molecule has 0 heterocycles. The van der Waals surface area contributed by atoms with Gasteiger partial charge in [0.25, 0.3) is 0 Å². The molecule has 1 N–H and O–H groups in total. The quantitative estimate of drug-likeness (QED) is 0.741. The van der Waals surface area contributed by atoms with Crippen LogP contribution in [0.3, 0.4) is 0 Å². The molecule has 0 aliphatic heterocycles. The molecule has 0 saturated heterocycles. The summed E-state index contributed by atoms with van der Waals surface area (Å²) in [5.41, 5.74) is -0.426. The third kappa shape index (κ3) is 5.52. The molecule has 0 radical (unpaired) electrons. The highest BCUT2D eigenvalue weighted by Gasteiger charge is 2.23. The highest BCUT2D eigenvalue weighted by molar-refractivity contribution is 5.03. The van der Waals surface area contributed by atoms with E-state index in [2.05, 4.69) is 18.3 Å². The van der Waals surface area contributed by atoms with Crippen molar-refractivity contribution in [2.45, 2.75) is 70.4 Å². The van der Waals surface area contributed by atoms with Crippen LogP contribution in [0, 0.1) is 11.3 Å². The van der Waals surface area contributed by atoms with E-state index in [4.69, 9.17) is 4.74 Å². The SMILES string of the molecule is CCCNC(C)(C#N)CCOC1CCCCC1. The van der Waals surface area contributed by atoms with Crippen LogP contribution in [-0.2, 0) is 4.74 Å². The van der Waals surface area contributed by atoms with Crippen molar-refractivity contribution in [3.05, 3.63) is 0 Å². The molecule has 1 unspecified atom stereocenters. The van der Waals surface area contributed by atoms with E-state index in [1.807, 2.05) is 6.92 Å². The van der Waals surface area contributed by atoms with Crippen LogP contribution in [0.1, 0.15) is 58.8 Å². The van der Waals surface area contributed by atoms with Gasteiger partial charge in [-0.1, -0.05) is 26.2 Å². The van der Waals surface area contributed by atoms with E-state index in [0.717, 1.165) is 19.4 Å². The summed E-state index contributed by atoms with van der Waals surface area (Å²) in [7, 11) is 0. The second-order valence-corrected chi connectivity index (χ2v) is 5.25. The zero-order valence-corrected chi connectivity index (χ0v) is 11.3. The van der Waals surface area contributed by atoms with Gasteiger partial charge in [0.2, 0.25) is 0 Å². The van der Waals surface area contributed by atoms with E-state index < -0.39 is 5.54 Å². The number of nitriles is 1. The number of ether oxygens (including phenoxy) is 1. The predicted octanol–water partition coefficient (Wildman–Crippen LogP) is 3.01. The molecule has 0 bridgehead atoms. The monoisotopic (exact) mass is 238 g/mol. The summed E-state index contributed by atoms with van der Waals surface area (Å²) in [6, 6.07) is 2.36. The summed E-state index contributed by atoms with van der Waals surface area (Å²) < 4.78 is 5.87. The fourth-order valence-electron chi connectivity index (χ4n) is 2.25. The number of nitrogens with one attached hydrogen (secondary N) is 1. The summed E-state index contributed by atoms with van der Waals surface area (Å²) in [6.07, 6.45) is 8.63. The minimum Gasteiger partial charge on any atom is -0.378 e. The Balaban J connectivity index is 2.20. The van der Waals surface area contributed by atoms with Crippen molar-refractivity contribution in [3.63, 3.8) is 0 Å². The van der Waals surface area contributed by atoms with Crippen molar-refractivity contribution in [2.75, 3.05) is 13.2 Å². The molecule has 0 aromatic heterocycles. The molecular formula is C14H26N2O. The Labute approximate surface area is 106 Å². The van der Waals surface area contributed by atoms with E-state index in [-0.39, 0.29) is 0 Å². The maximum Gasteiger partial charge on any atom is 0.106 e. The van der Waals surface area contributed by atoms with Crippen molar-refractivity contribution < 1.29 is 4.74 Å². The Bertz CT molecular complexity index is 243. The first-order valence-electron chi connectivity index (χ1n) is 6.98. The van der Waals surface area contributed by atoms with Crippen molar-refractivity contribution in [3.8, 4) is 6.07 Å². The average molecular weight is 238 g/mol. The highest BCUT2D eigenvalue weighted by Crippen LogP contribution is 2.21. The zero-order valence-electron chi connectivity index (χ0n) is 11.3. The second-order valence-electron chi connectivity index (χ2n) is 5.25. The number of hydrogen-bond donors (Lipinski definition) is 1. The van der Waals surface area contributed by atoms with Crippen LogP contribution >= 0.6 is 0 Å². The van der Waals surface area contributed by atoms with Crippen LogP contribution in [0.5, 0.6) is 0 Å². The van der Waals surface area contributed by atoms with Gasteiger partial charge in [0, 0.05) is 13.0 Å². The smallest absolute Gasteiger partial charge is 0.106 e. The van der Waals surface area contributed by atoms with Crippen molar-refractivity contribution >= 4 is 0 Å². The van der Waals surface area contributed by atoms with Crippen molar-refractivity contribution in [2.24, 2.45) is 0 Å². The molecule has 1 rings (SSSR count). The van der Waals surface area contributed by atoms with Crippen molar-refractivity contribution in [1.82, 2.24) is 5.32 Å². The van der Waals surface area contributed by atoms with Crippen LogP contribution in [-0.4, -0.2) is 24.8 Å². The molecule has 1 fully saturated rings. The summed E-state index contributed by atoms with van der Waals surface area (Å²) >= 11 is 0. The Morgan fingerprint density at radius 2 is 2.06 bits per heavy atom. The van der Waals surface area contributed by atoms with Gasteiger partial charge in [0.15, 0.2) is 0 Å². The molecule has 1 aliphatic rings. The summed E-state index contributed by atoms with van der Waals surface area (Å²) in [4.78, 5) is 0. The zero-order chi connectivity index (χ0) is 12.6. The highest BCUT2D eigenvalue weighted by atomic mass is 16.5. The topological polar surface area (TPSA) is 45.0 Å². The lowest BCUT2D eigenvalue weighted by molar-refractivity contribution is 0.0209. The maximum absolute atomic E-state index is 9.18. The molecule has 0 amide bonds. The van der Waals surface area contributed by atoms with Gasteiger partial charge in [-0.3, -0.25) is 5.32 Å². The van der Waals surface area contributed by atoms with Crippen LogP contribution in [0.4, 0.5) is 0 Å². The van der Waals surface area contributed by atoms with Crippen LogP contribution in [0.2, 0.25) is 0 Å². The first kappa shape index (κ1) is 14.5. The first-order valence-corrected chi connectivity index (χ1v) is 6.98. The summed E-state index contributed by atoms with van der Waals surface area (Å²) in [6.45, 7) is 5.68. The molecule has 1 aliphatic carbocycles. The Kier molecular flexibility index (Phi) is 6.54. The summed E-state index contributed by atoms with van der Waals surface area (Å²) in [5, 5.41) is 12.5. The van der Waals surface area contributed by atoms with Gasteiger partial charge < -0.3 is 4.74 Å². The van der Waals surface area contributed by atoms with Gasteiger partial charge in [-0.2, -0.15) is 5.26 Å². The van der Waals surface area contributed by atoms with Gasteiger partial charge >= 0.3 is 0 Å². The minimum absolute atomic E-state index is 0.426. The molecule has 3 heteroatoms. The van der Waals surface area contributed by atoms with E-state index in [0.29, 0.717) is 12.7 Å². The molecule has 0 spiro atoms. The van der Waals surface area contributed by atoms with E-state index in [9.17, 15) is 5.26 Å². The third-order valence-electron chi connectivity index (χ3n) is 3.52. The second kappa shape index (κ2) is 7.68. The molecule has 0 aromatic rings. The Morgan fingerprint density at radius 1 is 1.35 bits per heavy atom. The predicted molar refractivity (Wildman–Crippen MR) is 69.8 cm³/mol. The van der Waals surface area contributed by atoms with E-state index in [1.165, 1.54) is 32.1 Å².